The minimum atomic E-state index is -0.618. The van der Waals surface area contributed by atoms with Crippen molar-refractivity contribution in [2.75, 3.05) is 20.2 Å². The Balaban J connectivity index is 1.76. The molecule has 6 heteroatoms. The van der Waals surface area contributed by atoms with Crippen molar-refractivity contribution in [2.24, 2.45) is 0 Å². The number of rotatable bonds is 5. The summed E-state index contributed by atoms with van der Waals surface area (Å²) >= 11 is 0. The zero-order valence-electron chi connectivity index (χ0n) is 15.8. The van der Waals surface area contributed by atoms with Gasteiger partial charge in [0.1, 0.15) is 0 Å². The van der Waals surface area contributed by atoms with E-state index in [1.165, 1.54) is 0 Å². The number of hydrogen-bond acceptors (Lipinski definition) is 4. The van der Waals surface area contributed by atoms with E-state index in [1.54, 1.807) is 26.3 Å². The fourth-order valence-electron chi connectivity index (χ4n) is 3.60. The normalized spacial score (nSPS) is 15.9. The number of likely N-dealkylation sites (tertiary alicyclic amines) is 1. The van der Waals surface area contributed by atoms with E-state index in [2.05, 4.69) is 10.3 Å². The van der Waals surface area contributed by atoms with Crippen LogP contribution in [0.5, 0.6) is 5.88 Å². The van der Waals surface area contributed by atoms with Gasteiger partial charge in [-0.3, -0.25) is 9.59 Å². The Morgan fingerprint density at radius 3 is 2.41 bits per heavy atom. The third kappa shape index (κ3) is 4.10. The molecule has 0 unspecified atom stereocenters. The second-order valence-corrected chi connectivity index (χ2v) is 6.85. The summed E-state index contributed by atoms with van der Waals surface area (Å²) in [6.45, 7) is 3.15. The molecule has 27 heavy (non-hydrogen) atoms. The summed E-state index contributed by atoms with van der Waals surface area (Å²) in [7, 11) is 1.57. The predicted molar refractivity (Wildman–Crippen MR) is 102 cm³/mol. The topological polar surface area (TPSA) is 71.5 Å². The number of piperidine rings is 1. The Kier molecular flexibility index (Phi) is 5.74. The van der Waals surface area contributed by atoms with Gasteiger partial charge in [-0.1, -0.05) is 36.4 Å². The van der Waals surface area contributed by atoms with Gasteiger partial charge in [0.15, 0.2) is 0 Å². The molecule has 6 nitrogen and oxygen atoms in total. The second kappa shape index (κ2) is 8.20. The van der Waals surface area contributed by atoms with E-state index in [1.807, 2.05) is 41.3 Å². The first-order chi connectivity index (χ1) is 13.0. The number of nitrogens with zero attached hydrogens (tertiary/aromatic N) is 2. The van der Waals surface area contributed by atoms with Gasteiger partial charge < -0.3 is 15.0 Å². The molecule has 1 N–H and O–H groups in total. The number of benzene rings is 1. The van der Waals surface area contributed by atoms with E-state index in [0.29, 0.717) is 38.4 Å². The lowest BCUT2D eigenvalue weighted by Gasteiger charge is -2.40. The first-order valence-corrected chi connectivity index (χ1v) is 9.13. The highest BCUT2D eigenvalue weighted by Gasteiger charge is 2.43. The van der Waals surface area contributed by atoms with Crippen molar-refractivity contribution in [2.45, 2.75) is 31.7 Å². The van der Waals surface area contributed by atoms with Gasteiger partial charge in [-0.05, 0) is 24.0 Å². The Morgan fingerprint density at radius 1 is 1.15 bits per heavy atom. The summed E-state index contributed by atoms with van der Waals surface area (Å²) in [5.74, 6) is 0.594. The first-order valence-electron chi connectivity index (χ1n) is 9.13. The monoisotopic (exact) mass is 367 g/mol. The van der Waals surface area contributed by atoms with E-state index in [0.717, 1.165) is 11.1 Å². The van der Waals surface area contributed by atoms with Crippen molar-refractivity contribution in [1.82, 2.24) is 15.2 Å². The zero-order chi connectivity index (χ0) is 19.3. The molecule has 2 heterocycles. The lowest BCUT2D eigenvalue weighted by molar-refractivity contribution is -0.135. The average Bonchev–Trinajstić information content (AvgIpc) is 2.73. The van der Waals surface area contributed by atoms with Crippen molar-refractivity contribution in [3.8, 4) is 5.88 Å². The van der Waals surface area contributed by atoms with Crippen LogP contribution in [0.2, 0.25) is 0 Å². The molecule has 2 aromatic rings. The van der Waals surface area contributed by atoms with Crippen LogP contribution in [0.1, 0.15) is 30.9 Å². The fraction of sp³-hybridized carbons (Fsp3) is 0.381. The second-order valence-electron chi connectivity index (χ2n) is 6.85. The third-order valence-electron chi connectivity index (χ3n) is 5.28. The summed E-state index contributed by atoms with van der Waals surface area (Å²) in [5.41, 5.74) is 1.29. The molecule has 1 aliphatic rings. The number of carbonyl (C=O) groups is 2. The number of nitrogens with one attached hydrogen (secondary N) is 1. The van der Waals surface area contributed by atoms with Crippen LogP contribution in [0.4, 0.5) is 0 Å². The van der Waals surface area contributed by atoms with Crippen molar-refractivity contribution in [1.29, 1.82) is 0 Å². The van der Waals surface area contributed by atoms with Crippen LogP contribution in [0.15, 0.2) is 48.7 Å². The maximum Gasteiger partial charge on any atom is 0.231 e. The number of ether oxygens (including phenoxy) is 1. The molecule has 1 saturated heterocycles. The largest absolute Gasteiger partial charge is 0.481 e. The lowest BCUT2D eigenvalue weighted by Crippen LogP contribution is -2.52. The Morgan fingerprint density at radius 2 is 1.85 bits per heavy atom. The quantitative estimate of drug-likeness (QED) is 0.880. The number of amides is 2. The SMILES string of the molecule is COc1ccc(CNC(=O)C2(c3ccccc3)CCN(C(C)=O)CC2)cn1. The van der Waals surface area contributed by atoms with Crippen molar-refractivity contribution in [3.63, 3.8) is 0 Å². The van der Waals surface area contributed by atoms with Gasteiger partial charge in [0.05, 0.1) is 12.5 Å². The van der Waals surface area contributed by atoms with Crippen LogP contribution < -0.4 is 10.1 Å². The molecule has 0 radical (unpaired) electrons. The Hall–Kier alpha value is -2.89. The van der Waals surface area contributed by atoms with Crippen LogP contribution in [0, 0.1) is 0 Å². The molecule has 0 spiro atoms. The number of hydrogen-bond donors (Lipinski definition) is 1. The minimum absolute atomic E-state index is 0.00674. The van der Waals surface area contributed by atoms with Crippen molar-refractivity contribution < 1.29 is 14.3 Å². The van der Waals surface area contributed by atoms with E-state index >= 15 is 0 Å². The third-order valence-corrected chi connectivity index (χ3v) is 5.28. The summed E-state index contributed by atoms with van der Waals surface area (Å²) in [6.07, 6.45) is 2.93. The molecule has 1 aliphatic heterocycles. The molecule has 142 valence electrons. The summed E-state index contributed by atoms with van der Waals surface area (Å²) in [5, 5.41) is 3.07. The average molecular weight is 367 g/mol. The molecular weight excluding hydrogens is 342 g/mol. The van der Waals surface area contributed by atoms with Crippen molar-refractivity contribution in [3.05, 3.63) is 59.8 Å². The molecule has 0 aliphatic carbocycles. The molecule has 1 aromatic carbocycles. The van der Waals surface area contributed by atoms with Gasteiger partial charge in [-0.25, -0.2) is 4.98 Å². The van der Waals surface area contributed by atoms with Crippen LogP contribution in [0.3, 0.4) is 0 Å². The summed E-state index contributed by atoms with van der Waals surface area (Å²) in [4.78, 5) is 30.9. The van der Waals surface area contributed by atoms with Crippen LogP contribution in [-0.4, -0.2) is 41.9 Å². The molecule has 0 atom stereocenters. The first kappa shape index (κ1) is 18.9. The van der Waals surface area contributed by atoms with Gasteiger partial charge in [-0.2, -0.15) is 0 Å². The minimum Gasteiger partial charge on any atom is -0.481 e. The molecule has 0 bridgehead atoms. The maximum absolute atomic E-state index is 13.2. The van der Waals surface area contributed by atoms with Gasteiger partial charge in [0.2, 0.25) is 17.7 Å². The summed E-state index contributed by atoms with van der Waals surface area (Å²) in [6, 6.07) is 13.5. The molecule has 0 saturated carbocycles. The van der Waals surface area contributed by atoms with Crippen LogP contribution >= 0.6 is 0 Å². The zero-order valence-corrected chi connectivity index (χ0v) is 15.8. The molecule has 1 fully saturated rings. The Bertz CT molecular complexity index is 782. The maximum atomic E-state index is 13.2. The van der Waals surface area contributed by atoms with E-state index in [9.17, 15) is 9.59 Å². The highest BCUT2D eigenvalue weighted by molar-refractivity contribution is 5.88. The Labute approximate surface area is 159 Å². The predicted octanol–water partition coefficient (Wildman–Crippen LogP) is 2.29. The molecule has 1 aromatic heterocycles. The number of carbonyl (C=O) groups excluding carboxylic acids is 2. The summed E-state index contributed by atoms with van der Waals surface area (Å²) < 4.78 is 5.06. The molecular formula is C21H25N3O3. The van der Waals surface area contributed by atoms with Gasteiger partial charge in [0, 0.05) is 38.8 Å². The standard InChI is InChI=1S/C21H25N3O3/c1-16(25)24-12-10-21(11-13-24,18-6-4-3-5-7-18)20(26)23-15-17-8-9-19(27-2)22-14-17/h3-9,14H,10-13,15H2,1-2H3,(H,23,26). The number of methoxy groups -OCH3 is 1. The van der Waals surface area contributed by atoms with Gasteiger partial charge in [0.25, 0.3) is 0 Å². The van der Waals surface area contributed by atoms with E-state index in [4.69, 9.17) is 4.74 Å². The highest BCUT2D eigenvalue weighted by atomic mass is 16.5. The molecule has 3 rings (SSSR count). The van der Waals surface area contributed by atoms with Crippen LogP contribution in [-0.2, 0) is 21.5 Å². The van der Waals surface area contributed by atoms with E-state index in [-0.39, 0.29) is 11.8 Å². The van der Waals surface area contributed by atoms with Gasteiger partial charge >= 0.3 is 0 Å². The number of pyridine rings is 1. The highest BCUT2D eigenvalue weighted by Crippen LogP contribution is 2.36. The fourth-order valence-corrected chi connectivity index (χ4v) is 3.60. The van der Waals surface area contributed by atoms with Crippen LogP contribution in [0.25, 0.3) is 0 Å². The smallest absolute Gasteiger partial charge is 0.231 e. The van der Waals surface area contributed by atoms with E-state index < -0.39 is 5.41 Å². The number of aromatic nitrogens is 1. The molecule has 2 amide bonds. The van der Waals surface area contributed by atoms with Crippen molar-refractivity contribution >= 4 is 11.8 Å². The lowest BCUT2D eigenvalue weighted by atomic mass is 9.72. The van der Waals surface area contributed by atoms with Gasteiger partial charge in [-0.15, -0.1) is 0 Å².